The van der Waals surface area contributed by atoms with E-state index in [1.54, 1.807) is 12.1 Å². The first-order chi connectivity index (χ1) is 9.78. The molecule has 0 fully saturated rings. The first kappa shape index (κ1) is 12.5. The molecule has 20 heavy (non-hydrogen) atoms. The van der Waals surface area contributed by atoms with Crippen LogP contribution in [0.5, 0.6) is 5.88 Å². The standard InChI is InChI=1S/C12H14N6O2/c1-20-10-6-5-8(14-16-10)11(19)13-12-17-15-9-4-2-3-7-18(9)12/h5-6H,2-4,7H2,1H3,(H,13,17,19). The minimum Gasteiger partial charge on any atom is -0.480 e. The van der Waals surface area contributed by atoms with Crippen LogP contribution >= 0.6 is 0 Å². The lowest BCUT2D eigenvalue weighted by molar-refractivity contribution is 0.101. The monoisotopic (exact) mass is 274 g/mol. The number of hydrogen-bond acceptors (Lipinski definition) is 6. The number of hydrogen-bond donors (Lipinski definition) is 1. The summed E-state index contributed by atoms with van der Waals surface area (Å²) >= 11 is 0. The van der Waals surface area contributed by atoms with E-state index < -0.39 is 0 Å². The lowest BCUT2D eigenvalue weighted by Gasteiger charge is -2.14. The van der Waals surface area contributed by atoms with Gasteiger partial charge in [-0.25, -0.2) is 0 Å². The van der Waals surface area contributed by atoms with Crippen LogP contribution in [0.15, 0.2) is 12.1 Å². The molecule has 8 nitrogen and oxygen atoms in total. The summed E-state index contributed by atoms with van der Waals surface area (Å²) in [7, 11) is 1.49. The Kier molecular flexibility index (Phi) is 3.28. The first-order valence-corrected chi connectivity index (χ1v) is 6.39. The Labute approximate surface area is 115 Å². The fourth-order valence-electron chi connectivity index (χ4n) is 2.12. The van der Waals surface area contributed by atoms with Crippen LogP contribution in [0.25, 0.3) is 0 Å². The van der Waals surface area contributed by atoms with E-state index in [0.29, 0.717) is 11.8 Å². The third-order valence-electron chi connectivity index (χ3n) is 3.17. The summed E-state index contributed by atoms with van der Waals surface area (Å²) < 4.78 is 6.83. The number of amides is 1. The van der Waals surface area contributed by atoms with Crippen molar-refractivity contribution in [3.8, 4) is 5.88 Å². The van der Waals surface area contributed by atoms with Crippen molar-refractivity contribution in [2.75, 3.05) is 12.4 Å². The summed E-state index contributed by atoms with van der Waals surface area (Å²) in [5.41, 5.74) is 0.207. The highest BCUT2D eigenvalue weighted by Gasteiger charge is 2.18. The van der Waals surface area contributed by atoms with Gasteiger partial charge in [-0.15, -0.1) is 20.4 Å². The lowest BCUT2D eigenvalue weighted by atomic mass is 10.2. The van der Waals surface area contributed by atoms with E-state index in [1.165, 1.54) is 7.11 Å². The largest absolute Gasteiger partial charge is 0.480 e. The molecule has 0 saturated heterocycles. The number of ether oxygens (including phenoxy) is 1. The van der Waals surface area contributed by atoms with Gasteiger partial charge < -0.3 is 4.74 Å². The molecule has 1 amide bonds. The van der Waals surface area contributed by atoms with Gasteiger partial charge in [-0.2, -0.15) is 0 Å². The molecule has 0 saturated carbocycles. The zero-order valence-electron chi connectivity index (χ0n) is 11.0. The van der Waals surface area contributed by atoms with Crippen molar-refractivity contribution in [1.29, 1.82) is 0 Å². The van der Waals surface area contributed by atoms with Gasteiger partial charge in [-0.3, -0.25) is 14.7 Å². The molecule has 0 spiro atoms. The lowest BCUT2D eigenvalue weighted by Crippen LogP contribution is -2.19. The Morgan fingerprint density at radius 3 is 2.90 bits per heavy atom. The predicted molar refractivity (Wildman–Crippen MR) is 69.5 cm³/mol. The van der Waals surface area contributed by atoms with Crippen molar-refractivity contribution in [2.45, 2.75) is 25.8 Å². The predicted octanol–water partition coefficient (Wildman–Crippen LogP) is 0.665. The van der Waals surface area contributed by atoms with Crippen molar-refractivity contribution in [3.05, 3.63) is 23.7 Å². The van der Waals surface area contributed by atoms with Crippen LogP contribution in [0.1, 0.15) is 29.2 Å². The molecule has 1 N–H and O–H groups in total. The van der Waals surface area contributed by atoms with Crippen molar-refractivity contribution < 1.29 is 9.53 Å². The summed E-state index contributed by atoms with van der Waals surface area (Å²) in [4.78, 5) is 12.1. The van der Waals surface area contributed by atoms with Crippen LogP contribution in [-0.4, -0.2) is 38.0 Å². The van der Waals surface area contributed by atoms with E-state index in [1.807, 2.05) is 4.57 Å². The highest BCUT2D eigenvalue weighted by atomic mass is 16.5. The Balaban J connectivity index is 1.76. The molecule has 0 unspecified atom stereocenters. The molecule has 1 aliphatic heterocycles. The van der Waals surface area contributed by atoms with E-state index in [-0.39, 0.29) is 11.6 Å². The zero-order chi connectivity index (χ0) is 13.9. The number of nitrogens with zero attached hydrogens (tertiary/aromatic N) is 5. The average molecular weight is 274 g/mol. The summed E-state index contributed by atoms with van der Waals surface area (Å²) in [5, 5.41) is 18.3. The number of methoxy groups -OCH3 is 1. The molecule has 1 aliphatic rings. The molecule has 3 heterocycles. The number of carbonyl (C=O) groups excluding carboxylic acids is 1. The van der Waals surface area contributed by atoms with Crippen LogP contribution in [0, 0.1) is 0 Å². The average Bonchev–Trinajstić information content (AvgIpc) is 2.91. The fraction of sp³-hybridized carbons (Fsp3) is 0.417. The minimum atomic E-state index is -0.360. The third-order valence-corrected chi connectivity index (χ3v) is 3.17. The van der Waals surface area contributed by atoms with E-state index >= 15 is 0 Å². The molecule has 2 aromatic heterocycles. The normalized spacial score (nSPS) is 13.7. The zero-order valence-corrected chi connectivity index (χ0v) is 11.0. The smallest absolute Gasteiger partial charge is 0.278 e. The Hall–Kier alpha value is -2.51. The quantitative estimate of drug-likeness (QED) is 0.883. The number of aryl methyl sites for hydroxylation is 1. The molecule has 0 aromatic carbocycles. The van der Waals surface area contributed by atoms with Crippen LogP contribution in [0.3, 0.4) is 0 Å². The second-order valence-electron chi connectivity index (χ2n) is 4.46. The molecule has 0 atom stereocenters. The minimum absolute atomic E-state index is 0.207. The summed E-state index contributed by atoms with van der Waals surface area (Å²) in [6.45, 7) is 0.826. The number of fused-ring (bicyclic) bond motifs is 1. The Morgan fingerprint density at radius 1 is 1.25 bits per heavy atom. The Bertz CT molecular complexity index is 621. The van der Waals surface area contributed by atoms with Crippen molar-refractivity contribution in [1.82, 2.24) is 25.0 Å². The third kappa shape index (κ3) is 2.31. The van der Waals surface area contributed by atoms with E-state index in [9.17, 15) is 4.79 Å². The number of anilines is 1. The highest BCUT2D eigenvalue weighted by Crippen LogP contribution is 2.17. The topological polar surface area (TPSA) is 94.8 Å². The van der Waals surface area contributed by atoms with Crippen LogP contribution in [-0.2, 0) is 13.0 Å². The second-order valence-corrected chi connectivity index (χ2v) is 4.46. The molecule has 8 heteroatoms. The van der Waals surface area contributed by atoms with Crippen LogP contribution < -0.4 is 10.1 Å². The summed E-state index contributed by atoms with van der Waals surface area (Å²) in [6, 6.07) is 3.13. The SMILES string of the molecule is COc1ccc(C(=O)Nc2nnc3n2CCCC3)nn1. The van der Waals surface area contributed by atoms with Gasteiger partial charge in [0.1, 0.15) is 5.82 Å². The second kappa shape index (κ2) is 5.24. The molecular formula is C12H14N6O2. The molecule has 3 rings (SSSR count). The Morgan fingerprint density at radius 2 is 2.15 bits per heavy atom. The van der Waals surface area contributed by atoms with E-state index in [0.717, 1.165) is 31.6 Å². The van der Waals surface area contributed by atoms with E-state index in [4.69, 9.17) is 4.74 Å². The fourth-order valence-corrected chi connectivity index (χ4v) is 2.12. The number of nitrogens with one attached hydrogen (secondary N) is 1. The highest BCUT2D eigenvalue weighted by molar-refractivity contribution is 6.01. The maximum atomic E-state index is 12.1. The van der Waals surface area contributed by atoms with E-state index in [2.05, 4.69) is 25.7 Å². The maximum absolute atomic E-state index is 12.1. The van der Waals surface area contributed by atoms with Crippen molar-refractivity contribution in [3.63, 3.8) is 0 Å². The summed E-state index contributed by atoms with van der Waals surface area (Å²) in [5.74, 6) is 1.37. The molecular weight excluding hydrogens is 260 g/mol. The van der Waals surface area contributed by atoms with Crippen molar-refractivity contribution >= 4 is 11.9 Å². The molecule has 2 aromatic rings. The van der Waals surface area contributed by atoms with Gasteiger partial charge in [-0.1, -0.05) is 0 Å². The van der Waals surface area contributed by atoms with Gasteiger partial charge in [0.05, 0.1) is 7.11 Å². The molecule has 0 bridgehead atoms. The molecule has 104 valence electrons. The number of carbonyl (C=O) groups is 1. The number of rotatable bonds is 3. The number of aromatic nitrogens is 5. The first-order valence-electron chi connectivity index (χ1n) is 6.39. The van der Waals surface area contributed by atoms with Gasteiger partial charge in [0.15, 0.2) is 5.69 Å². The van der Waals surface area contributed by atoms with Crippen LogP contribution in [0.4, 0.5) is 5.95 Å². The van der Waals surface area contributed by atoms with Gasteiger partial charge in [0.25, 0.3) is 5.91 Å². The van der Waals surface area contributed by atoms with Crippen molar-refractivity contribution in [2.24, 2.45) is 0 Å². The van der Waals surface area contributed by atoms with Gasteiger partial charge in [-0.05, 0) is 18.9 Å². The summed E-state index contributed by atoms with van der Waals surface area (Å²) in [6.07, 6.45) is 3.07. The molecule has 0 radical (unpaired) electrons. The molecule has 0 aliphatic carbocycles. The maximum Gasteiger partial charge on any atom is 0.278 e. The van der Waals surface area contributed by atoms with Gasteiger partial charge >= 0.3 is 0 Å². The van der Waals surface area contributed by atoms with Crippen LogP contribution in [0.2, 0.25) is 0 Å². The van der Waals surface area contributed by atoms with Gasteiger partial charge in [0, 0.05) is 19.0 Å². The van der Waals surface area contributed by atoms with Gasteiger partial charge in [0.2, 0.25) is 11.8 Å².